The number of nitrogens with zero attached hydrogens (tertiary/aromatic N) is 2. The predicted octanol–water partition coefficient (Wildman–Crippen LogP) is 0.866. The molecule has 1 saturated heterocycles. The van der Waals surface area contributed by atoms with Crippen molar-refractivity contribution in [2.45, 2.75) is 38.9 Å². The van der Waals surface area contributed by atoms with Crippen LogP contribution in [0, 0.1) is 5.92 Å². The highest BCUT2D eigenvalue weighted by atomic mass is 16.5. The van der Waals surface area contributed by atoms with Crippen molar-refractivity contribution in [1.29, 1.82) is 0 Å². The molecule has 1 aromatic rings. The van der Waals surface area contributed by atoms with E-state index < -0.39 is 0 Å². The number of morpholine rings is 1. The van der Waals surface area contributed by atoms with Crippen LogP contribution >= 0.6 is 0 Å². The number of ether oxygens (including phenoxy) is 1. The number of carbonyl (C=O) groups is 2. The van der Waals surface area contributed by atoms with Gasteiger partial charge in [0.2, 0.25) is 5.91 Å². The van der Waals surface area contributed by atoms with Gasteiger partial charge in [0.1, 0.15) is 5.82 Å². The molecule has 0 spiro atoms. The first-order valence-corrected chi connectivity index (χ1v) is 7.99. The fraction of sp³-hybridized carbons (Fsp3) is 0.562. The van der Waals surface area contributed by atoms with Crippen LogP contribution in [0.1, 0.15) is 37.0 Å². The quantitative estimate of drug-likeness (QED) is 0.808. The van der Waals surface area contributed by atoms with E-state index in [9.17, 15) is 9.59 Å². The highest BCUT2D eigenvalue weighted by Crippen LogP contribution is 2.28. The van der Waals surface area contributed by atoms with Crippen molar-refractivity contribution >= 4 is 17.6 Å². The second-order valence-corrected chi connectivity index (χ2v) is 6.29. The van der Waals surface area contributed by atoms with Gasteiger partial charge in [-0.25, -0.2) is 4.98 Å². The van der Waals surface area contributed by atoms with Crippen molar-refractivity contribution in [1.82, 2.24) is 15.8 Å². The van der Waals surface area contributed by atoms with Crippen molar-refractivity contribution < 1.29 is 14.3 Å². The molecule has 2 N–H and O–H groups in total. The molecule has 0 unspecified atom stereocenters. The highest BCUT2D eigenvalue weighted by molar-refractivity contribution is 5.95. The summed E-state index contributed by atoms with van der Waals surface area (Å²) < 4.78 is 5.70. The Kier molecular flexibility index (Phi) is 4.47. The van der Waals surface area contributed by atoms with Gasteiger partial charge in [0.05, 0.1) is 17.8 Å². The van der Waals surface area contributed by atoms with Gasteiger partial charge >= 0.3 is 0 Å². The number of amides is 2. The number of pyridine rings is 1. The molecule has 2 atom stereocenters. The van der Waals surface area contributed by atoms with Crippen LogP contribution in [-0.4, -0.2) is 42.1 Å². The summed E-state index contributed by atoms with van der Waals surface area (Å²) in [7, 11) is 0. The van der Waals surface area contributed by atoms with Gasteiger partial charge in [0, 0.05) is 25.2 Å². The summed E-state index contributed by atoms with van der Waals surface area (Å²) in [6, 6.07) is 3.54. The number of hydrazine groups is 1. The molecular formula is C16H22N4O3. The maximum absolute atomic E-state index is 12.0. The van der Waals surface area contributed by atoms with Crippen molar-refractivity contribution in [3.05, 3.63) is 23.9 Å². The van der Waals surface area contributed by atoms with Crippen LogP contribution in [-0.2, 0) is 9.53 Å². The van der Waals surface area contributed by atoms with Crippen LogP contribution in [0.15, 0.2) is 18.3 Å². The summed E-state index contributed by atoms with van der Waals surface area (Å²) in [4.78, 5) is 30.0. The molecule has 1 saturated carbocycles. The van der Waals surface area contributed by atoms with E-state index in [-0.39, 0.29) is 29.9 Å². The molecule has 0 bridgehead atoms. The van der Waals surface area contributed by atoms with Crippen molar-refractivity contribution in [3.63, 3.8) is 0 Å². The van der Waals surface area contributed by atoms with Crippen molar-refractivity contribution in [2.24, 2.45) is 5.92 Å². The van der Waals surface area contributed by atoms with Crippen LogP contribution in [0.3, 0.4) is 0 Å². The van der Waals surface area contributed by atoms with Crippen molar-refractivity contribution in [3.8, 4) is 0 Å². The van der Waals surface area contributed by atoms with Gasteiger partial charge in [-0.05, 0) is 38.8 Å². The molecule has 0 radical (unpaired) electrons. The zero-order valence-corrected chi connectivity index (χ0v) is 13.4. The Balaban J connectivity index is 1.57. The zero-order chi connectivity index (χ0) is 16.4. The van der Waals surface area contributed by atoms with Crippen LogP contribution in [0.25, 0.3) is 0 Å². The number of hydrogen-bond donors (Lipinski definition) is 2. The Morgan fingerprint density at radius 3 is 2.43 bits per heavy atom. The molecule has 1 aliphatic carbocycles. The Morgan fingerprint density at radius 1 is 1.17 bits per heavy atom. The van der Waals surface area contributed by atoms with E-state index in [2.05, 4.69) is 20.7 Å². The number of hydrogen-bond acceptors (Lipinski definition) is 5. The fourth-order valence-corrected chi connectivity index (χ4v) is 2.71. The largest absolute Gasteiger partial charge is 0.372 e. The Morgan fingerprint density at radius 2 is 1.87 bits per heavy atom. The molecule has 2 amide bonds. The third-order valence-electron chi connectivity index (χ3n) is 4.00. The van der Waals surface area contributed by atoms with E-state index >= 15 is 0 Å². The molecule has 23 heavy (non-hydrogen) atoms. The van der Waals surface area contributed by atoms with Crippen LogP contribution < -0.4 is 15.8 Å². The number of rotatable bonds is 3. The standard InChI is InChI=1S/C16H22N4O3/c1-10-8-20(9-11(2)23-10)14-6-5-13(7-17-14)16(22)19-18-15(21)12-3-4-12/h5-7,10-12H,3-4,8-9H2,1-2H3,(H,18,21)(H,19,22)/t10-,11+. The SMILES string of the molecule is C[C@@H]1CN(c2ccc(C(=O)NNC(=O)C3CC3)cn2)C[C@H](C)O1. The lowest BCUT2D eigenvalue weighted by molar-refractivity contribution is -0.123. The second-order valence-electron chi connectivity index (χ2n) is 6.29. The topological polar surface area (TPSA) is 83.6 Å². The van der Waals surface area contributed by atoms with E-state index in [0.717, 1.165) is 31.7 Å². The lowest BCUT2D eigenvalue weighted by atomic mass is 10.2. The Hall–Kier alpha value is -2.15. The van der Waals surface area contributed by atoms with Gasteiger partial charge < -0.3 is 9.64 Å². The van der Waals surface area contributed by atoms with E-state index in [0.29, 0.717) is 5.56 Å². The van der Waals surface area contributed by atoms with Gasteiger partial charge in [-0.15, -0.1) is 0 Å². The third-order valence-corrected chi connectivity index (χ3v) is 4.00. The average molecular weight is 318 g/mol. The molecule has 3 rings (SSSR count). The average Bonchev–Trinajstić information content (AvgIpc) is 3.36. The minimum Gasteiger partial charge on any atom is -0.372 e. The number of anilines is 1. The van der Waals surface area contributed by atoms with E-state index in [1.54, 1.807) is 6.07 Å². The monoisotopic (exact) mass is 318 g/mol. The predicted molar refractivity (Wildman–Crippen MR) is 84.8 cm³/mol. The van der Waals surface area contributed by atoms with E-state index in [4.69, 9.17) is 4.74 Å². The number of aromatic nitrogens is 1. The zero-order valence-electron chi connectivity index (χ0n) is 13.4. The fourth-order valence-electron chi connectivity index (χ4n) is 2.71. The normalized spacial score (nSPS) is 24.2. The molecule has 0 aromatic carbocycles. The summed E-state index contributed by atoms with van der Waals surface area (Å²) >= 11 is 0. The molecule has 1 aromatic heterocycles. The molecule has 7 heteroatoms. The van der Waals surface area contributed by atoms with E-state index in [1.165, 1.54) is 6.20 Å². The first-order chi connectivity index (χ1) is 11.0. The lowest BCUT2D eigenvalue weighted by Crippen LogP contribution is -2.46. The summed E-state index contributed by atoms with van der Waals surface area (Å²) in [6.45, 7) is 5.63. The summed E-state index contributed by atoms with van der Waals surface area (Å²) in [5, 5.41) is 0. The third kappa shape index (κ3) is 3.98. The molecule has 2 aliphatic rings. The minimum atomic E-state index is -0.359. The maximum Gasteiger partial charge on any atom is 0.271 e. The van der Waals surface area contributed by atoms with Gasteiger partial charge in [-0.2, -0.15) is 0 Å². The summed E-state index contributed by atoms with van der Waals surface area (Å²) in [6.07, 6.45) is 3.63. The van der Waals surface area contributed by atoms with Gasteiger partial charge in [0.25, 0.3) is 5.91 Å². The smallest absolute Gasteiger partial charge is 0.271 e. The van der Waals surface area contributed by atoms with Gasteiger partial charge in [0.15, 0.2) is 0 Å². The van der Waals surface area contributed by atoms with Crippen molar-refractivity contribution in [2.75, 3.05) is 18.0 Å². The van der Waals surface area contributed by atoms with Crippen LogP contribution in [0.4, 0.5) is 5.82 Å². The van der Waals surface area contributed by atoms with Gasteiger partial charge in [-0.1, -0.05) is 0 Å². The lowest BCUT2D eigenvalue weighted by Gasteiger charge is -2.36. The van der Waals surface area contributed by atoms with Crippen LogP contribution in [0.2, 0.25) is 0 Å². The minimum absolute atomic E-state index is 0.0566. The Bertz CT molecular complexity index is 575. The molecule has 1 aliphatic heterocycles. The molecular weight excluding hydrogens is 296 g/mol. The molecule has 124 valence electrons. The highest BCUT2D eigenvalue weighted by Gasteiger charge is 2.29. The first-order valence-electron chi connectivity index (χ1n) is 7.99. The summed E-state index contributed by atoms with van der Waals surface area (Å²) in [5.74, 6) is 0.396. The summed E-state index contributed by atoms with van der Waals surface area (Å²) in [5.41, 5.74) is 5.28. The van der Waals surface area contributed by atoms with Crippen LogP contribution in [0.5, 0.6) is 0 Å². The molecule has 2 fully saturated rings. The first kappa shape index (κ1) is 15.7. The number of carbonyl (C=O) groups excluding carboxylic acids is 2. The maximum atomic E-state index is 12.0. The van der Waals surface area contributed by atoms with E-state index in [1.807, 2.05) is 19.9 Å². The second kappa shape index (κ2) is 6.54. The Labute approximate surface area is 135 Å². The van der Waals surface area contributed by atoms with Gasteiger partial charge in [-0.3, -0.25) is 20.4 Å². The number of nitrogens with one attached hydrogen (secondary N) is 2. The molecule has 2 heterocycles. The molecule has 7 nitrogen and oxygen atoms in total.